The highest BCUT2D eigenvalue weighted by molar-refractivity contribution is 14.1. The van der Waals surface area contributed by atoms with Crippen LogP contribution in [-0.4, -0.2) is 51.8 Å². The van der Waals surface area contributed by atoms with Gasteiger partial charge in [0.05, 0.1) is 24.5 Å². The zero-order valence-corrected chi connectivity index (χ0v) is 31.2. The third-order valence-electron chi connectivity index (χ3n) is 8.28. The number of nitrogens with one attached hydrogen (secondary N) is 1. The quantitative estimate of drug-likeness (QED) is 0.122. The van der Waals surface area contributed by atoms with Gasteiger partial charge >= 0.3 is 0 Å². The lowest BCUT2D eigenvalue weighted by Gasteiger charge is -2.21. The maximum atomic E-state index is 4.84. The number of halogens is 2. The van der Waals surface area contributed by atoms with Crippen molar-refractivity contribution in [3.8, 4) is 23.0 Å². The lowest BCUT2D eigenvalue weighted by Crippen LogP contribution is -2.21. The van der Waals surface area contributed by atoms with Crippen molar-refractivity contribution in [2.24, 2.45) is 0 Å². The minimum Gasteiger partial charge on any atom is -0.364 e. The fourth-order valence-electron chi connectivity index (χ4n) is 6.01. The highest BCUT2D eigenvalue weighted by Crippen LogP contribution is 2.31. The van der Waals surface area contributed by atoms with Gasteiger partial charge in [-0.25, -0.2) is 19.9 Å². The fraction of sp³-hybridized carbons (Fsp3) is 0.263. The molecule has 12 heteroatoms. The summed E-state index contributed by atoms with van der Waals surface area (Å²) < 4.78 is 0. The van der Waals surface area contributed by atoms with Gasteiger partial charge in [0.25, 0.3) is 0 Å². The van der Waals surface area contributed by atoms with Crippen LogP contribution in [0.15, 0.2) is 97.6 Å². The summed E-state index contributed by atoms with van der Waals surface area (Å²) in [4.78, 5) is 40.7. The minimum atomic E-state index is 0. The lowest BCUT2D eigenvalue weighted by molar-refractivity contribution is 0.847. The van der Waals surface area contributed by atoms with Crippen molar-refractivity contribution < 1.29 is 0 Å². The summed E-state index contributed by atoms with van der Waals surface area (Å²) in [6.07, 6.45) is 13.6. The highest BCUT2D eigenvalue weighted by Gasteiger charge is 2.23. The van der Waals surface area contributed by atoms with Crippen LogP contribution < -0.4 is 10.2 Å². The normalized spacial score (nSPS) is 12.2. The van der Waals surface area contributed by atoms with Crippen LogP contribution in [0.5, 0.6) is 0 Å². The molecule has 8 rings (SSSR count). The number of rotatable bonds is 8. The molecule has 0 aliphatic heterocycles. The van der Waals surface area contributed by atoms with E-state index in [1.807, 2.05) is 83.9 Å². The zero-order chi connectivity index (χ0) is 33.8. The summed E-state index contributed by atoms with van der Waals surface area (Å²) in [7, 11) is 2.07. The molecular formula is C38H40ClIN10. The lowest BCUT2D eigenvalue weighted by atomic mass is 10.2. The molecule has 6 aromatic rings. The van der Waals surface area contributed by atoms with E-state index in [9.17, 15) is 0 Å². The van der Waals surface area contributed by atoms with E-state index in [1.165, 1.54) is 11.1 Å². The Bertz CT molecular complexity index is 1930. The van der Waals surface area contributed by atoms with Crippen molar-refractivity contribution in [2.45, 2.75) is 51.6 Å². The molecule has 2 aliphatic rings. The van der Waals surface area contributed by atoms with Gasteiger partial charge in [0.1, 0.15) is 23.0 Å². The maximum absolute atomic E-state index is 4.84. The topological polar surface area (TPSA) is 118 Å². The molecule has 0 amide bonds. The Labute approximate surface area is 313 Å². The number of aromatic nitrogens is 8. The Morgan fingerprint density at radius 3 is 1.68 bits per heavy atom. The van der Waals surface area contributed by atoms with E-state index in [2.05, 4.69) is 59.8 Å². The van der Waals surface area contributed by atoms with Gasteiger partial charge in [-0.2, -0.15) is 0 Å². The first-order valence-corrected chi connectivity index (χ1v) is 18.6. The van der Waals surface area contributed by atoms with E-state index in [0.29, 0.717) is 18.2 Å². The Morgan fingerprint density at radius 1 is 0.600 bits per heavy atom. The summed E-state index contributed by atoms with van der Waals surface area (Å²) >= 11 is 2.15. The van der Waals surface area contributed by atoms with Gasteiger partial charge in [-0.15, -0.1) is 12.4 Å². The van der Waals surface area contributed by atoms with Crippen LogP contribution in [0.25, 0.3) is 23.0 Å². The molecule has 6 heterocycles. The molecule has 0 spiro atoms. The first-order valence-electron chi connectivity index (χ1n) is 16.5. The van der Waals surface area contributed by atoms with Gasteiger partial charge in [0.15, 0.2) is 11.6 Å². The number of fused-ring (bicyclic) bond motifs is 2. The van der Waals surface area contributed by atoms with E-state index in [0.717, 1.165) is 90.9 Å². The van der Waals surface area contributed by atoms with E-state index in [4.69, 9.17) is 19.9 Å². The number of alkyl halides is 1. The number of hydrogen-bond donors (Lipinski definition) is 1. The van der Waals surface area contributed by atoms with Crippen LogP contribution >= 0.6 is 35.0 Å². The maximum Gasteiger partial charge on any atom is 0.180 e. The summed E-state index contributed by atoms with van der Waals surface area (Å²) in [5, 5.41) is 3.43. The molecule has 1 N–H and O–H groups in total. The molecule has 0 unspecified atom stereocenters. The third-order valence-corrected chi connectivity index (χ3v) is 8.28. The number of nitrogens with zero attached hydrogens (tertiary/aromatic N) is 9. The van der Waals surface area contributed by atoms with Crippen molar-refractivity contribution in [3.05, 3.63) is 131 Å². The van der Waals surface area contributed by atoms with Crippen molar-refractivity contribution in [1.29, 1.82) is 0 Å². The minimum absolute atomic E-state index is 0. The number of aryl methyl sites for hydroxylation is 2. The summed E-state index contributed by atoms with van der Waals surface area (Å²) in [6.45, 7) is 1.39. The molecule has 0 aromatic carbocycles. The molecule has 50 heavy (non-hydrogen) atoms. The number of anilines is 2. The van der Waals surface area contributed by atoms with Gasteiger partial charge in [0.2, 0.25) is 0 Å². The number of hydrogen-bond acceptors (Lipinski definition) is 10. The van der Waals surface area contributed by atoms with Gasteiger partial charge < -0.3 is 10.2 Å². The largest absolute Gasteiger partial charge is 0.364 e. The Morgan fingerprint density at radius 2 is 1.12 bits per heavy atom. The molecule has 256 valence electrons. The number of pyridine rings is 4. The van der Waals surface area contributed by atoms with E-state index < -0.39 is 0 Å². The van der Waals surface area contributed by atoms with E-state index >= 15 is 0 Å². The second kappa shape index (κ2) is 18.4. The zero-order valence-electron chi connectivity index (χ0n) is 28.2. The second-order valence-electron chi connectivity index (χ2n) is 11.6. The molecule has 0 saturated heterocycles. The predicted octanol–water partition coefficient (Wildman–Crippen LogP) is 7.57. The SMILES string of the molecule is CI.CN(Cc1ccccn1)c1nc(-c2ccccn2)nc2c1CCC2.Cl.c1ccc(CNc2nc(-c3ccccn3)nc3c2CCC3)nc1. The first kappa shape index (κ1) is 36.7. The third kappa shape index (κ3) is 9.13. The molecule has 0 radical (unpaired) electrons. The average Bonchev–Trinajstić information content (AvgIpc) is 3.86. The Balaban J connectivity index is 0.000000182. The van der Waals surface area contributed by atoms with Gasteiger partial charge in [-0.1, -0.05) is 46.9 Å². The van der Waals surface area contributed by atoms with Crippen LogP contribution in [-0.2, 0) is 38.8 Å². The monoisotopic (exact) mass is 798 g/mol. The molecule has 0 saturated carbocycles. The van der Waals surface area contributed by atoms with E-state index in [-0.39, 0.29) is 12.4 Å². The molecule has 0 fully saturated rings. The smallest absolute Gasteiger partial charge is 0.180 e. The molecule has 6 aromatic heterocycles. The van der Waals surface area contributed by atoms with Crippen LogP contribution in [0, 0.1) is 0 Å². The van der Waals surface area contributed by atoms with Gasteiger partial charge in [-0.05, 0) is 92.0 Å². The highest BCUT2D eigenvalue weighted by atomic mass is 127. The molecule has 0 bridgehead atoms. The molecular weight excluding hydrogens is 759 g/mol. The van der Waals surface area contributed by atoms with Crippen LogP contribution in [0.3, 0.4) is 0 Å². The molecule has 0 atom stereocenters. The fourth-order valence-corrected chi connectivity index (χ4v) is 6.01. The Hall–Kier alpha value is -4.62. The summed E-state index contributed by atoms with van der Waals surface area (Å²) in [5.41, 5.74) is 8.47. The Kier molecular flexibility index (Phi) is 13.5. The standard InChI is InChI=1S/C19H19N5.C18H17N5.CH3I.ClH/c1-24(13-14-7-2-4-11-20-14)19-15-8-6-10-16(15)22-18(23-19)17-9-3-5-12-21-17;1-3-10-19-13(6-1)12-21-17-14-7-5-9-15(14)22-18(23-17)16-8-2-4-11-20-16;1-2;/h2-5,7,9,11-12H,6,8,10,13H2,1H3;1-4,6,8,10-11H,5,7,9,12H2,(H,21,22,23);1H3;1H. The van der Waals surface area contributed by atoms with Crippen molar-refractivity contribution in [3.63, 3.8) is 0 Å². The van der Waals surface area contributed by atoms with Crippen molar-refractivity contribution >= 4 is 46.6 Å². The van der Waals surface area contributed by atoms with E-state index in [1.54, 1.807) is 18.6 Å². The molecule has 10 nitrogen and oxygen atoms in total. The molecule has 2 aliphatic carbocycles. The first-order chi connectivity index (χ1) is 24.2. The van der Waals surface area contributed by atoms with Gasteiger partial charge in [0, 0.05) is 54.3 Å². The van der Waals surface area contributed by atoms with Crippen molar-refractivity contribution in [2.75, 3.05) is 22.2 Å². The predicted molar refractivity (Wildman–Crippen MR) is 210 cm³/mol. The van der Waals surface area contributed by atoms with Crippen LogP contribution in [0.4, 0.5) is 11.6 Å². The summed E-state index contributed by atoms with van der Waals surface area (Å²) in [6, 6.07) is 23.5. The average molecular weight is 799 g/mol. The summed E-state index contributed by atoms with van der Waals surface area (Å²) in [5.74, 6) is 3.32. The van der Waals surface area contributed by atoms with Gasteiger partial charge in [-0.3, -0.25) is 19.9 Å². The van der Waals surface area contributed by atoms with Crippen LogP contribution in [0.2, 0.25) is 0 Å². The van der Waals surface area contributed by atoms with Crippen molar-refractivity contribution in [1.82, 2.24) is 39.9 Å². The van der Waals surface area contributed by atoms with Crippen LogP contribution in [0.1, 0.15) is 46.7 Å². The second-order valence-corrected chi connectivity index (χ2v) is 11.6.